The maximum absolute atomic E-state index is 13.3. The number of rotatable bonds is 4. The van der Waals surface area contributed by atoms with E-state index in [0.29, 0.717) is 10.4 Å². The number of carbonyl (C=O) groups excluding carboxylic acids is 1. The highest BCUT2D eigenvalue weighted by Gasteiger charge is 2.22. The first-order valence-corrected chi connectivity index (χ1v) is 7.62. The SMILES string of the molecule is CCc1ccsc1C(=O)N(C)C(C)c1ccc(F)c(F)c1. The lowest BCUT2D eigenvalue weighted by Gasteiger charge is -2.25. The molecule has 0 spiro atoms. The van der Waals surface area contributed by atoms with Crippen molar-refractivity contribution < 1.29 is 13.6 Å². The topological polar surface area (TPSA) is 20.3 Å². The highest BCUT2D eigenvalue weighted by Crippen LogP contribution is 2.25. The van der Waals surface area contributed by atoms with Crippen molar-refractivity contribution in [1.82, 2.24) is 4.90 Å². The fourth-order valence-electron chi connectivity index (χ4n) is 2.13. The summed E-state index contributed by atoms with van der Waals surface area (Å²) in [5, 5.41) is 1.89. The van der Waals surface area contributed by atoms with Gasteiger partial charge >= 0.3 is 0 Å². The lowest BCUT2D eigenvalue weighted by atomic mass is 10.1. The van der Waals surface area contributed by atoms with E-state index in [1.807, 2.05) is 18.4 Å². The maximum atomic E-state index is 13.3. The monoisotopic (exact) mass is 309 g/mol. The molecular formula is C16H17F2NOS. The van der Waals surface area contributed by atoms with E-state index in [1.54, 1.807) is 18.9 Å². The average Bonchev–Trinajstić information content (AvgIpc) is 2.96. The standard InChI is InChI=1S/C16H17F2NOS/c1-4-11-7-8-21-15(11)16(20)19(3)10(2)12-5-6-13(17)14(18)9-12/h5-10H,4H2,1-3H3. The lowest BCUT2D eigenvalue weighted by molar-refractivity contribution is 0.0746. The van der Waals surface area contributed by atoms with Gasteiger partial charge in [-0.25, -0.2) is 8.78 Å². The molecule has 0 saturated heterocycles. The Morgan fingerprint density at radius 1 is 1.29 bits per heavy atom. The van der Waals surface area contributed by atoms with Gasteiger partial charge in [0.05, 0.1) is 10.9 Å². The zero-order valence-electron chi connectivity index (χ0n) is 12.2. The van der Waals surface area contributed by atoms with E-state index in [-0.39, 0.29) is 11.9 Å². The summed E-state index contributed by atoms with van der Waals surface area (Å²) < 4.78 is 26.3. The molecule has 2 aromatic rings. The lowest BCUT2D eigenvalue weighted by Crippen LogP contribution is -2.29. The smallest absolute Gasteiger partial charge is 0.264 e. The summed E-state index contributed by atoms with van der Waals surface area (Å²) in [4.78, 5) is 14.8. The second-order valence-corrected chi connectivity index (χ2v) is 5.81. The van der Waals surface area contributed by atoms with Crippen LogP contribution in [-0.2, 0) is 6.42 Å². The Balaban J connectivity index is 2.24. The fraction of sp³-hybridized carbons (Fsp3) is 0.312. The number of aryl methyl sites for hydroxylation is 1. The molecule has 0 N–H and O–H groups in total. The van der Waals surface area contributed by atoms with Crippen molar-refractivity contribution in [3.8, 4) is 0 Å². The van der Waals surface area contributed by atoms with Gasteiger partial charge in [-0.1, -0.05) is 13.0 Å². The maximum Gasteiger partial charge on any atom is 0.264 e. The van der Waals surface area contributed by atoms with Crippen molar-refractivity contribution in [2.75, 3.05) is 7.05 Å². The van der Waals surface area contributed by atoms with Gasteiger partial charge in [0, 0.05) is 7.05 Å². The molecule has 2 rings (SSSR count). The first kappa shape index (κ1) is 15.6. The van der Waals surface area contributed by atoms with Crippen molar-refractivity contribution in [3.63, 3.8) is 0 Å². The van der Waals surface area contributed by atoms with Crippen LogP contribution in [0.3, 0.4) is 0 Å². The van der Waals surface area contributed by atoms with E-state index >= 15 is 0 Å². The molecule has 0 fully saturated rings. The molecular weight excluding hydrogens is 292 g/mol. The Kier molecular flexibility index (Phi) is 4.73. The van der Waals surface area contributed by atoms with Gasteiger partial charge in [-0.05, 0) is 48.1 Å². The minimum atomic E-state index is -0.898. The van der Waals surface area contributed by atoms with Gasteiger partial charge in [-0.15, -0.1) is 11.3 Å². The van der Waals surface area contributed by atoms with Crippen LogP contribution >= 0.6 is 11.3 Å². The van der Waals surface area contributed by atoms with Gasteiger partial charge in [0.1, 0.15) is 0 Å². The summed E-state index contributed by atoms with van der Waals surface area (Å²) in [5.41, 5.74) is 1.58. The number of carbonyl (C=O) groups is 1. The average molecular weight is 309 g/mol. The first-order chi connectivity index (χ1) is 9.95. The van der Waals surface area contributed by atoms with Crippen LogP contribution in [0.5, 0.6) is 0 Å². The molecule has 0 radical (unpaired) electrons. The first-order valence-electron chi connectivity index (χ1n) is 6.74. The third-order valence-electron chi connectivity index (χ3n) is 3.65. The zero-order chi connectivity index (χ0) is 15.6. The van der Waals surface area contributed by atoms with E-state index in [0.717, 1.165) is 24.1 Å². The van der Waals surface area contributed by atoms with Gasteiger partial charge in [-0.3, -0.25) is 4.79 Å². The summed E-state index contributed by atoms with van der Waals surface area (Å²) in [6.07, 6.45) is 0.790. The molecule has 1 aromatic heterocycles. The Morgan fingerprint density at radius 3 is 2.62 bits per heavy atom. The van der Waals surface area contributed by atoms with E-state index in [9.17, 15) is 13.6 Å². The molecule has 0 saturated carbocycles. The molecule has 112 valence electrons. The van der Waals surface area contributed by atoms with Crippen LogP contribution in [0.25, 0.3) is 0 Å². The molecule has 0 aliphatic heterocycles. The molecule has 1 atom stereocenters. The van der Waals surface area contributed by atoms with Crippen LogP contribution in [0.1, 0.15) is 40.7 Å². The van der Waals surface area contributed by atoms with Crippen LogP contribution < -0.4 is 0 Å². The Labute approximate surface area is 127 Å². The van der Waals surface area contributed by atoms with Crippen LogP contribution in [0.15, 0.2) is 29.6 Å². The minimum Gasteiger partial charge on any atom is -0.334 e. The molecule has 1 unspecified atom stereocenters. The zero-order valence-corrected chi connectivity index (χ0v) is 13.0. The van der Waals surface area contributed by atoms with Crippen molar-refractivity contribution in [2.45, 2.75) is 26.3 Å². The summed E-state index contributed by atoms with van der Waals surface area (Å²) in [5.74, 6) is -1.88. The quantitative estimate of drug-likeness (QED) is 0.818. The molecule has 0 bridgehead atoms. The van der Waals surface area contributed by atoms with Crippen molar-refractivity contribution in [2.24, 2.45) is 0 Å². The van der Waals surface area contributed by atoms with E-state index in [2.05, 4.69) is 0 Å². The highest BCUT2D eigenvalue weighted by atomic mass is 32.1. The van der Waals surface area contributed by atoms with Crippen LogP contribution in [0.4, 0.5) is 8.78 Å². The van der Waals surface area contributed by atoms with Crippen LogP contribution in [0, 0.1) is 11.6 Å². The molecule has 21 heavy (non-hydrogen) atoms. The predicted molar refractivity (Wildman–Crippen MR) is 80.6 cm³/mol. The van der Waals surface area contributed by atoms with Crippen molar-refractivity contribution in [1.29, 1.82) is 0 Å². The summed E-state index contributed by atoms with van der Waals surface area (Å²) in [6, 6.07) is 5.33. The number of halogens is 2. The van der Waals surface area contributed by atoms with Crippen LogP contribution in [0.2, 0.25) is 0 Å². The number of hydrogen-bond donors (Lipinski definition) is 0. The third kappa shape index (κ3) is 3.13. The van der Waals surface area contributed by atoms with Gasteiger partial charge < -0.3 is 4.90 Å². The summed E-state index contributed by atoms with van der Waals surface area (Å²) in [6.45, 7) is 3.79. The largest absolute Gasteiger partial charge is 0.334 e. The van der Waals surface area contributed by atoms with Crippen LogP contribution in [-0.4, -0.2) is 17.9 Å². The molecule has 1 amide bonds. The number of amides is 1. The van der Waals surface area contributed by atoms with E-state index < -0.39 is 11.6 Å². The Morgan fingerprint density at radius 2 is 2.00 bits per heavy atom. The molecule has 0 aliphatic rings. The number of thiophene rings is 1. The Bertz CT molecular complexity index is 653. The highest BCUT2D eigenvalue weighted by molar-refractivity contribution is 7.12. The van der Waals surface area contributed by atoms with E-state index in [1.165, 1.54) is 17.4 Å². The molecule has 2 nitrogen and oxygen atoms in total. The molecule has 1 heterocycles. The Hall–Kier alpha value is -1.75. The normalized spacial score (nSPS) is 12.2. The van der Waals surface area contributed by atoms with Gasteiger partial charge in [0.25, 0.3) is 5.91 Å². The van der Waals surface area contributed by atoms with Crippen molar-refractivity contribution in [3.05, 3.63) is 57.3 Å². The van der Waals surface area contributed by atoms with Gasteiger partial charge in [-0.2, -0.15) is 0 Å². The predicted octanol–water partition coefficient (Wildman–Crippen LogP) is 4.42. The number of benzene rings is 1. The minimum absolute atomic E-state index is 0.0981. The number of hydrogen-bond acceptors (Lipinski definition) is 2. The fourth-order valence-corrected chi connectivity index (χ4v) is 3.11. The van der Waals surface area contributed by atoms with E-state index in [4.69, 9.17) is 0 Å². The van der Waals surface area contributed by atoms with Gasteiger partial charge in [0.15, 0.2) is 11.6 Å². The molecule has 1 aromatic carbocycles. The second-order valence-electron chi connectivity index (χ2n) is 4.89. The second kappa shape index (κ2) is 6.35. The van der Waals surface area contributed by atoms with Crippen molar-refractivity contribution >= 4 is 17.2 Å². The molecule has 5 heteroatoms. The summed E-state index contributed by atoms with van der Waals surface area (Å²) in [7, 11) is 1.67. The molecule has 0 aliphatic carbocycles. The number of nitrogens with zero attached hydrogens (tertiary/aromatic N) is 1. The third-order valence-corrected chi connectivity index (χ3v) is 4.59. The summed E-state index contributed by atoms with van der Waals surface area (Å²) >= 11 is 1.40. The van der Waals surface area contributed by atoms with Gasteiger partial charge in [0.2, 0.25) is 0 Å².